The number of fused-ring (bicyclic) bond motifs is 2. The molecule has 10 heteroatoms. The number of phenols is 1. The molecule has 0 radical (unpaired) electrons. The van der Waals surface area contributed by atoms with Gasteiger partial charge in [-0.3, -0.25) is 13.8 Å². The van der Waals surface area contributed by atoms with E-state index in [4.69, 9.17) is 22.7 Å². The maximum absolute atomic E-state index is 13.8. The first-order valence-electron chi connectivity index (χ1n) is 13.2. The second-order valence-corrected chi connectivity index (χ2v) is 11.2. The number of anilines is 1. The highest BCUT2D eigenvalue weighted by molar-refractivity contribution is 7.48. The Kier molecular flexibility index (Phi) is 7.76. The zero-order valence-corrected chi connectivity index (χ0v) is 23.0. The molecular formula is C31H28NO8P. The van der Waals surface area contributed by atoms with Gasteiger partial charge in [-0.2, -0.15) is 0 Å². The van der Waals surface area contributed by atoms with E-state index in [1.165, 1.54) is 18.2 Å². The molecule has 41 heavy (non-hydrogen) atoms. The third-order valence-electron chi connectivity index (χ3n) is 6.77. The lowest BCUT2D eigenvalue weighted by Gasteiger charge is -2.29. The monoisotopic (exact) mass is 573 g/mol. The average Bonchev–Trinajstić information content (AvgIpc) is 3.00. The van der Waals surface area contributed by atoms with Gasteiger partial charge in [0.2, 0.25) is 5.43 Å². The summed E-state index contributed by atoms with van der Waals surface area (Å²) in [5.41, 5.74) is 2.36. The first-order valence-corrected chi connectivity index (χ1v) is 14.7. The van der Waals surface area contributed by atoms with Crippen molar-refractivity contribution in [1.82, 2.24) is 0 Å². The molecule has 1 N–H and O–H groups in total. The van der Waals surface area contributed by atoms with Gasteiger partial charge in [0.05, 0.1) is 31.8 Å². The Morgan fingerprint density at radius 2 is 1.44 bits per heavy atom. The quantitative estimate of drug-likeness (QED) is 0.158. The van der Waals surface area contributed by atoms with Crippen molar-refractivity contribution < 1.29 is 32.4 Å². The number of hydrogen-bond acceptors (Lipinski definition) is 9. The molecule has 1 saturated heterocycles. The number of benzene rings is 4. The van der Waals surface area contributed by atoms with Gasteiger partial charge in [0, 0.05) is 37.0 Å². The molecule has 1 aliphatic rings. The zero-order valence-electron chi connectivity index (χ0n) is 22.1. The topological polar surface area (TPSA) is 108 Å². The van der Waals surface area contributed by atoms with Gasteiger partial charge in [-0.05, 0) is 23.3 Å². The molecule has 0 saturated carbocycles. The summed E-state index contributed by atoms with van der Waals surface area (Å²) in [6.07, 6.45) is 0. The largest absolute Gasteiger partial charge is 0.530 e. The molecule has 1 aliphatic heterocycles. The van der Waals surface area contributed by atoms with Gasteiger partial charge < -0.3 is 23.7 Å². The Hall–Kier alpha value is -4.14. The number of phenolic OH excluding ortho intramolecular Hbond substituents is 1. The normalized spacial score (nSPS) is 14.0. The summed E-state index contributed by atoms with van der Waals surface area (Å²) in [5.74, 6) is -0.0221. The second kappa shape index (κ2) is 11.8. The van der Waals surface area contributed by atoms with E-state index in [-0.39, 0.29) is 52.1 Å². The van der Waals surface area contributed by atoms with Gasteiger partial charge in [0.15, 0.2) is 0 Å². The molecule has 210 valence electrons. The Bertz CT molecular complexity index is 1720. The molecule has 2 heterocycles. The van der Waals surface area contributed by atoms with Crippen molar-refractivity contribution in [3.63, 3.8) is 0 Å². The van der Waals surface area contributed by atoms with Gasteiger partial charge in [0.1, 0.15) is 28.1 Å². The van der Waals surface area contributed by atoms with Crippen LogP contribution in [0.1, 0.15) is 11.1 Å². The van der Waals surface area contributed by atoms with Crippen LogP contribution in [0, 0.1) is 0 Å². The summed E-state index contributed by atoms with van der Waals surface area (Å²) in [7, 11) is -4.12. The summed E-state index contributed by atoms with van der Waals surface area (Å²) in [6, 6.07) is 26.3. The van der Waals surface area contributed by atoms with E-state index in [1.54, 1.807) is 12.1 Å². The van der Waals surface area contributed by atoms with E-state index in [0.29, 0.717) is 26.3 Å². The molecule has 0 spiro atoms. The van der Waals surface area contributed by atoms with Crippen LogP contribution < -0.4 is 14.9 Å². The Morgan fingerprint density at radius 1 is 0.805 bits per heavy atom. The number of rotatable bonds is 9. The van der Waals surface area contributed by atoms with Crippen LogP contribution in [-0.2, 0) is 31.6 Å². The number of hydrogen-bond donors (Lipinski definition) is 1. The van der Waals surface area contributed by atoms with Gasteiger partial charge in [-0.1, -0.05) is 60.7 Å². The molecule has 0 atom stereocenters. The molecule has 1 aromatic heterocycles. The van der Waals surface area contributed by atoms with E-state index in [1.807, 2.05) is 60.7 Å². The van der Waals surface area contributed by atoms with E-state index in [9.17, 15) is 14.5 Å². The van der Waals surface area contributed by atoms with Gasteiger partial charge >= 0.3 is 7.82 Å². The smallest absolute Gasteiger partial charge is 0.507 e. The lowest BCUT2D eigenvalue weighted by molar-refractivity contribution is 0.122. The number of morpholine rings is 1. The van der Waals surface area contributed by atoms with Crippen molar-refractivity contribution in [2.75, 3.05) is 31.2 Å². The molecule has 6 rings (SSSR count). The standard InChI is InChI=1S/C31H28NO8P/c33-27-17-24(32-13-15-36-16-14-32)18-29-30(27)31(34)26-12-11-25(19-28(26)39-29)40-41(35,37-20-22-7-3-1-4-8-22)38-21-23-9-5-2-6-10-23/h1-12,17-19,33H,13-16,20-21H2. The maximum Gasteiger partial charge on any atom is 0.530 e. The third kappa shape index (κ3) is 6.14. The highest BCUT2D eigenvalue weighted by Crippen LogP contribution is 2.51. The Labute approximate surface area is 236 Å². The maximum atomic E-state index is 13.8. The minimum absolute atomic E-state index is 0.00377. The summed E-state index contributed by atoms with van der Waals surface area (Å²) >= 11 is 0. The summed E-state index contributed by atoms with van der Waals surface area (Å²) < 4.78 is 42.6. The Balaban J connectivity index is 1.32. The first kappa shape index (κ1) is 27.1. The van der Waals surface area contributed by atoms with Crippen LogP contribution in [0.5, 0.6) is 11.5 Å². The molecule has 0 amide bonds. The number of aromatic hydroxyl groups is 1. The van der Waals surface area contributed by atoms with Crippen LogP contribution in [-0.4, -0.2) is 31.4 Å². The molecule has 4 aromatic carbocycles. The van der Waals surface area contributed by atoms with Gasteiger partial charge in [-0.15, -0.1) is 0 Å². The fraction of sp³-hybridized carbons (Fsp3) is 0.194. The highest BCUT2D eigenvalue weighted by Gasteiger charge is 2.30. The van der Waals surface area contributed by atoms with Crippen molar-refractivity contribution in [2.24, 2.45) is 0 Å². The van der Waals surface area contributed by atoms with Crippen molar-refractivity contribution >= 4 is 35.4 Å². The van der Waals surface area contributed by atoms with E-state index in [0.717, 1.165) is 16.8 Å². The predicted molar refractivity (Wildman–Crippen MR) is 155 cm³/mol. The molecule has 1 fully saturated rings. The van der Waals surface area contributed by atoms with E-state index in [2.05, 4.69) is 4.90 Å². The highest BCUT2D eigenvalue weighted by atomic mass is 31.2. The van der Waals surface area contributed by atoms with Crippen LogP contribution in [0.25, 0.3) is 21.9 Å². The van der Waals surface area contributed by atoms with Crippen LogP contribution in [0.3, 0.4) is 0 Å². The van der Waals surface area contributed by atoms with Crippen LogP contribution in [0.2, 0.25) is 0 Å². The molecular weight excluding hydrogens is 545 g/mol. The van der Waals surface area contributed by atoms with Crippen LogP contribution in [0.4, 0.5) is 5.69 Å². The number of nitrogens with zero attached hydrogens (tertiary/aromatic N) is 1. The lowest BCUT2D eigenvalue weighted by atomic mass is 10.1. The number of phosphoric acid groups is 1. The molecule has 0 aliphatic carbocycles. The lowest BCUT2D eigenvalue weighted by Crippen LogP contribution is -2.36. The van der Waals surface area contributed by atoms with Crippen molar-refractivity contribution in [3.05, 3.63) is 112 Å². The fourth-order valence-electron chi connectivity index (χ4n) is 4.66. The predicted octanol–water partition coefficient (Wildman–Crippen LogP) is 6.41. The summed E-state index contributed by atoms with van der Waals surface area (Å²) in [5, 5.41) is 11.1. The van der Waals surface area contributed by atoms with Crippen LogP contribution in [0.15, 0.2) is 100 Å². The SMILES string of the molecule is O=c1c2ccc(OP(=O)(OCc3ccccc3)OCc3ccccc3)cc2oc2cc(N3CCOCC3)cc(O)c12. The van der Waals surface area contributed by atoms with Crippen LogP contribution >= 0.6 is 7.82 Å². The molecule has 9 nitrogen and oxygen atoms in total. The summed E-state index contributed by atoms with van der Waals surface area (Å²) in [6.45, 7) is 2.46. The zero-order chi connectivity index (χ0) is 28.2. The molecule has 0 unspecified atom stereocenters. The van der Waals surface area contributed by atoms with Crippen molar-refractivity contribution in [2.45, 2.75) is 13.2 Å². The molecule has 0 bridgehead atoms. The minimum atomic E-state index is -4.12. The average molecular weight is 574 g/mol. The summed E-state index contributed by atoms with van der Waals surface area (Å²) in [4.78, 5) is 15.4. The minimum Gasteiger partial charge on any atom is -0.507 e. The van der Waals surface area contributed by atoms with Crippen molar-refractivity contribution in [1.29, 1.82) is 0 Å². The van der Waals surface area contributed by atoms with E-state index >= 15 is 0 Å². The van der Waals surface area contributed by atoms with Gasteiger partial charge in [-0.25, -0.2) is 4.57 Å². The first-order chi connectivity index (χ1) is 20.0. The fourth-order valence-corrected chi connectivity index (χ4v) is 5.82. The third-order valence-corrected chi connectivity index (χ3v) is 8.09. The number of phosphoric ester groups is 1. The second-order valence-electron chi connectivity index (χ2n) is 9.58. The molecule has 5 aromatic rings. The van der Waals surface area contributed by atoms with E-state index < -0.39 is 7.82 Å². The van der Waals surface area contributed by atoms with Crippen molar-refractivity contribution in [3.8, 4) is 11.5 Å². The number of ether oxygens (including phenoxy) is 1. The van der Waals surface area contributed by atoms with Gasteiger partial charge in [0.25, 0.3) is 0 Å². The Morgan fingerprint density at radius 3 is 2.07 bits per heavy atom.